The maximum absolute atomic E-state index is 2.44. The Labute approximate surface area is 394 Å². The second-order valence-electron chi connectivity index (χ2n) is 17.9. The van der Waals surface area contributed by atoms with Crippen molar-refractivity contribution < 1.29 is 0 Å². The first-order valence-corrected chi connectivity index (χ1v) is 24.0. The molecule has 11 aromatic carbocycles. The van der Waals surface area contributed by atoms with Crippen molar-refractivity contribution in [3.8, 4) is 55.6 Å². The first-order valence-electron chi connectivity index (χ1n) is 23.2. The van der Waals surface area contributed by atoms with Gasteiger partial charge in [0.15, 0.2) is 0 Å². The van der Waals surface area contributed by atoms with E-state index in [-0.39, 0.29) is 5.41 Å². The van der Waals surface area contributed by atoms with Crippen LogP contribution >= 0.6 is 11.3 Å². The summed E-state index contributed by atoms with van der Waals surface area (Å²) in [4.78, 5) is 2.44. The predicted octanol–water partition coefficient (Wildman–Crippen LogP) is 18.0. The molecule has 0 radical (unpaired) electrons. The molecular formula is C65H41NS. The van der Waals surface area contributed by atoms with E-state index in [1.165, 1.54) is 109 Å². The van der Waals surface area contributed by atoms with Gasteiger partial charge in [-0.15, -0.1) is 11.3 Å². The zero-order valence-corrected chi connectivity index (χ0v) is 37.3. The molecule has 0 unspecified atom stereocenters. The largest absolute Gasteiger partial charge is 0.310 e. The number of para-hydroxylation sites is 1. The second kappa shape index (κ2) is 14.9. The molecular weight excluding hydrogens is 827 g/mol. The molecule has 1 aromatic heterocycles. The SMILES string of the molecule is c1ccc(N(c2ccc(-c3cccc4c3-c3ccccc3C43c4ccccc4-c4ccccc43)cc2)c2ccc(-c3cccc4ccccc34)cc2)c(-c2ccc3c(c2)sc2ccccc23)c1. The van der Waals surface area contributed by atoms with Crippen molar-refractivity contribution in [2.45, 2.75) is 5.41 Å². The summed E-state index contributed by atoms with van der Waals surface area (Å²) in [5.74, 6) is 0. The number of hydrogen-bond donors (Lipinski definition) is 0. The van der Waals surface area contributed by atoms with Gasteiger partial charge in [0.2, 0.25) is 0 Å². The van der Waals surface area contributed by atoms with Crippen LogP contribution in [0.3, 0.4) is 0 Å². The smallest absolute Gasteiger partial charge is 0.0725 e. The van der Waals surface area contributed by atoms with Gasteiger partial charge in [-0.05, 0) is 126 Å². The molecule has 67 heavy (non-hydrogen) atoms. The molecule has 0 N–H and O–H groups in total. The Morgan fingerprint density at radius 1 is 0.299 bits per heavy atom. The van der Waals surface area contributed by atoms with Gasteiger partial charge in [0.1, 0.15) is 0 Å². The van der Waals surface area contributed by atoms with Crippen molar-refractivity contribution in [3.05, 3.63) is 271 Å². The van der Waals surface area contributed by atoms with Gasteiger partial charge in [0.05, 0.1) is 11.1 Å². The molecule has 1 spiro atoms. The lowest BCUT2D eigenvalue weighted by atomic mass is 9.70. The lowest BCUT2D eigenvalue weighted by Gasteiger charge is -2.30. The number of hydrogen-bond acceptors (Lipinski definition) is 2. The summed E-state index contributed by atoms with van der Waals surface area (Å²) in [6.07, 6.45) is 0. The highest BCUT2D eigenvalue weighted by Gasteiger charge is 2.52. The molecule has 2 heteroatoms. The maximum Gasteiger partial charge on any atom is 0.0725 e. The van der Waals surface area contributed by atoms with Crippen LogP contribution in [0.25, 0.3) is 86.6 Å². The Bertz CT molecular complexity index is 3880. The lowest BCUT2D eigenvalue weighted by molar-refractivity contribution is 0.794. The predicted molar refractivity (Wildman–Crippen MR) is 284 cm³/mol. The first-order chi connectivity index (χ1) is 33.2. The third-order valence-corrected chi connectivity index (χ3v) is 15.7. The van der Waals surface area contributed by atoms with Gasteiger partial charge in [-0.3, -0.25) is 0 Å². The normalized spacial score (nSPS) is 12.9. The zero-order chi connectivity index (χ0) is 44.1. The van der Waals surface area contributed by atoms with Gasteiger partial charge in [-0.25, -0.2) is 0 Å². The fraction of sp³-hybridized carbons (Fsp3) is 0.0154. The number of thiophene rings is 1. The van der Waals surface area contributed by atoms with Crippen molar-refractivity contribution in [1.82, 2.24) is 0 Å². The van der Waals surface area contributed by atoms with Crippen LogP contribution in [0.15, 0.2) is 249 Å². The molecule has 0 fully saturated rings. The van der Waals surface area contributed by atoms with Crippen LogP contribution < -0.4 is 4.90 Å². The van der Waals surface area contributed by atoms with E-state index in [0.29, 0.717) is 0 Å². The van der Waals surface area contributed by atoms with Crippen molar-refractivity contribution >= 4 is 59.3 Å². The Morgan fingerprint density at radius 2 is 0.776 bits per heavy atom. The fourth-order valence-electron chi connectivity index (χ4n) is 11.7. The van der Waals surface area contributed by atoms with Crippen LogP contribution in [0, 0.1) is 0 Å². The van der Waals surface area contributed by atoms with Gasteiger partial charge < -0.3 is 4.90 Å². The standard InChI is InChI=1S/C65H41NS/c1-2-17-48-42(15-1)16-13-23-49(48)43-31-36-46(37-32-43)66(61-29-11-6-18-50(61)45-35-40-55-54-21-7-12-30-62(54)67-63(55)41-45)47-38-33-44(34-39-47)51-24-14-28-60-64(51)56-22-5-10-27-59(56)65(60)57-25-8-3-19-52(57)53-20-4-9-26-58(53)65/h1-41H. The van der Waals surface area contributed by atoms with Gasteiger partial charge in [0.25, 0.3) is 0 Å². The van der Waals surface area contributed by atoms with Crippen LogP contribution in [0.1, 0.15) is 22.3 Å². The molecule has 0 saturated heterocycles. The molecule has 1 nitrogen and oxygen atoms in total. The van der Waals surface area contributed by atoms with Gasteiger partial charge in [-0.2, -0.15) is 0 Å². The van der Waals surface area contributed by atoms with E-state index in [0.717, 1.165) is 17.1 Å². The number of fused-ring (bicyclic) bond motifs is 14. The number of anilines is 3. The van der Waals surface area contributed by atoms with Crippen LogP contribution in [0.5, 0.6) is 0 Å². The Balaban J connectivity index is 0.924. The fourth-order valence-corrected chi connectivity index (χ4v) is 12.8. The van der Waals surface area contributed by atoms with E-state index in [4.69, 9.17) is 0 Å². The van der Waals surface area contributed by atoms with Gasteiger partial charge in [-0.1, -0.05) is 206 Å². The summed E-state index contributed by atoms with van der Waals surface area (Å²) in [5, 5.41) is 5.13. The van der Waals surface area contributed by atoms with Gasteiger partial charge >= 0.3 is 0 Å². The monoisotopic (exact) mass is 867 g/mol. The van der Waals surface area contributed by atoms with E-state index < -0.39 is 0 Å². The van der Waals surface area contributed by atoms with E-state index >= 15 is 0 Å². The Hall–Kier alpha value is -8.30. The molecule has 12 aromatic rings. The van der Waals surface area contributed by atoms with Gasteiger partial charge in [0, 0.05) is 37.1 Å². The summed E-state index contributed by atoms with van der Waals surface area (Å²) < 4.78 is 2.61. The molecule has 2 aliphatic rings. The summed E-state index contributed by atoms with van der Waals surface area (Å²) in [6, 6.07) is 92.5. The van der Waals surface area contributed by atoms with Crippen molar-refractivity contribution in [2.24, 2.45) is 0 Å². The topological polar surface area (TPSA) is 3.24 Å². The van der Waals surface area contributed by atoms with E-state index in [9.17, 15) is 0 Å². The van der Waals surface area contributed by atoms with Crippen molar-refractivity contribution in [1.29, 1.82) is 0 Å². The molecule has 2 aliphatic carbocycles. The molecule has 0 bridgehead atoms. The van der Waals surface area contributed by atoms with E-state index in [2.05, 4.69) is 254 Å². The molecule has 0 atom stereocenters. The molecule has 0 amide bonds. The van der Waals surface area contributed by atoms with Crippen LogP contribution in [0.4, 0.5) is 17.1 Å². The van der Waals surface area contributed by atoms with E-state index in [1.54, 1.807) is 0 Å². The van der Waals surface area contributed by atoms with E-state index in [1.807, 2.05) is 11.3 Å². The Morgan fingerprint density at radius 3 is 1.51 bits per heavy atom. The average Bonchev–Trinajstić information content (AvgIpc) is 4.03. The highest BCUT2D eigenvalue weighted by Crippen LogP contribution is 2.64. The van der Waals surface area contributed by atoms with Crippen molar-refractivity contribution in [2.75, 3.05) is 4.90 Å². The summed E-state index contributed by atoms with van der Waals surface area (Å²) >= 11 is 1.87. The molecule has 0 aliphatic heterocycles. The van der Waals surface area contributed by atoms with Crippen LogP contribution in [-0.4, -0.2) is 0 Å². The minimum absolute atomic E-state index is 0.382. The third-order valence-electron chi connectivity index (χ3n) is 14.5. The second-order valence-corrected chi connectivity index (χ2v) is 19.0. The minimum Gasteiger partial charge on any atom is -0.310 e. The van der Waals surface area contributed by atoms with Crippen molar-refractivity contribution in [3.63, 3.8) is 0 Å². The average molecular weight is 868 g/mol. The summed E-state index contributed by atoms with van der Waals surface area (Å²) in [5.41, 5.74) is 20.9. The molecule has 0 saturated carbocycles. The minimum atomic E-state index is -0.382. The zero-order valence-electron chi connectivity index (χ0n) is 36.5. The highest BCUT2D eigenvalue weighted by atomic mass is 32.1. The van der Waals surface area contributed by atoms with Crippen LogP contribution in [-0.2, 0) is 5.41 Å². The number of benzene rings is 11. The summed E-state index contributed by atoms with van der Waals surface area (Å²) in [7, 11) is 0. The molecule has 14 rings (SSSR count). The molecule has 312 valence electrons. The lowest BCUT2D eigenvalue weighted by Crippen LogP contribution is -2.25. The third kappa shape index (κ3) is 5.61. The summed E-state index contributed by atoms with van der Waals surface area (Å²) in [6.45, 7) is 0. The quantitative estimate of drug-likeness (QED) is 0.161. The number of nitrogens with zero attached hydrogens (tertiary/aromatic N) is 1. The Kier molecular flexibility index (Phi) is 8.44. The first kappa shape index (κ1) is 38.0. The van der Waals surface area contributed by atoms with Crippen LogP contribution in [0.2, 0.25) is 0 Å². The maximum atomic E-state index is 2.44. The number of rotatable bonds is 6. The highest BCUT2D eigenvalue weighted by molar-refractivity contribution is 7.25. The molecule has 1 heterocycles.